The van der Waals surface area contributed by atoms with Crippen LogP contribution in [0.5, 0.6) is 5.75 Å². The van der Waals surface area contributed by atoms with Crippen LogP contribution in [0.15, 0.2) is 36.9 Å². The lowest BCUT2D eigenvalue weighted by molar-refractivity contribution is -0.141. The van der Waals surface area contributed by atoms with E-state index in [1.165, 1.54) is 5.56 Å². The number of aliphatic hydroxyl groups is 1. The highest BCUT2D eigenvalue weighted by Crippen LogP contribution is 2.13. The predicted octanol–water partition coefficient (Wildman–Crippen LogP) is 2.11. The van der Waals surface area contributed by atoms with E-state index in [2.05, 4.69) is 13.5 Å². The number of hydrogen-bond acceptors (Lipinski definition) is 4. The maximum atomic E-state index is 10.8. The minimum Gasteiger partial charge on any atom is -0.491 e. The molecule has 0 aliphatic rings. The number of ether oxygens (including phenoxy) is 2. The SMILES string of the molecule is C=CC(=O)OCC(O)COc1ccc(CCC)cc1. The molecule has 0 spiro atoms. The van der Waals surface area contributed by atoms with Gasteiger partial charge in [-0.2, -0.15) is 0 Å². The molecule has 0 amide bonds. The molecule has 0 aliphatic carbocycles. The van der Waals surface area contributed by atoms with Gasteiger partial charge in [-0.25, -0.2) is 4.79 Å². The van der Waals surface area contributed by atoms with E-state index in [9.17, 15) is 9.90 Å². The summed E-state index contributed by atoms with van der Waals surface area (Å²) in [6, 6.07) is 7.74. The Hall–Kier alpha value is -1.81. The van der Waals surface area contributed by atoms with E-state index >= 15 is 0 Å². The minimum absolute atomic E-state index is 0.0809. The molecule has 0 bridgehead atoms. The average molecular weight is 264 g/mol. The standard InChI is InChI=1S/C15H20O4/c1-3-5-12-6-8-14(9-7-12)18-10-13(16)11-19-15(17)4-2/h4,6-9,13,16H,2-3,5,10-11H2,1H3. The lowest BCUT2D eigenvalue weighted by atomic mass is 10.1. The first-order valence-electron chi connectivity index (χ1n) is 6.34. The van der Waals surface area contributed by atoms with Crippen LogP contribution >= 0.6 is 0 Å². The van der Waals surface area contributed by atoms with Gasteiger partial charge in [-0.15, -0.1) is 0 Å². The molecule has 1 rings (SSSR count). The van der Waals surface area contributed by atoms with E-state index in [-0.39, 0.29) is 13.2 Å². The smallest absolute Gasteiger partial charge is 0.330 e. The number of carbonyl (C=O) groups is 1. The number of aryl methyl sites for hydroxylation is 1. The molecular weight excluding hydrogens is 244 g/mol. The van der Waals surface area contributed by atoms with Gasteiger partial charge in [0, 0.05) is 6.08 Å². The summed E-state index contributed by atoms with van der Waals surface area (Å²) >= 11 is 0. The largest absolute Gasteiger partial charge is 0.491 e. The first-order chi connectivity index (χ1) is 9.15. The van der Waals surface area contributed by atoms with Crippen molar-refractivity contribution in [2.24, 2.45) is 0 Å². The van der Waals surface area contributed by atoms with Crippen molar-refractivity contribution in [3.8, 4) is 5.75 Å². The highest BCUT2D eigenvalue weighted by Gasteiger charge is 2.07. The normalized spacial score (nSPS) is 11.7. The van der Waals surface area contributed by atoms with Crippen LogP contribution in [0.1, 0.15) is 18.9 Å². The molecule has 19 heavy (non-hydrogen) atoms. The second-order valence-corrected chi connectivity index (χ2v) is 4.19. The molecule has 0 fully saturated rings. The van der Waals surface area contributed by atoms with Crippen LogP contribution < -0.4 is 4.74 Å². The molecule has 1 atom stereocenters. The zero-order valence-corrected chi connectivity index (χ0v) is 11.2. The summed E-state index contributed by atoms with van der Waals surface area (Å²) in [4.78, 5) is 10.8. The van der Waals surface area contributed by atoms with Gasteiger partial charge in [-0.1, -0.05) is 32.1 Å². The van der Waals surface area contributed by atoms with Crippen LogP contribution in [-0.2, 0) is 16.0 Å². The molecule has 1 unspecified atom stereocenters. The Morgan fingerprint density at radius 3 is 2.63 bits per heavy atom. The molecule has 0 aromatic heterocycles. The fourth-order valence-corrected chi connectivity index (χ4v) is 1.52. The second kappa shape index (κ2) is 8.32. The molecule has 0 heterocycles. The van der Waals surface area contributed by atoms with Gasteiger partial charge in [0.2, 0.25) is 0 Å². The lowest BCUT2D eigenvalue weighted by Crippen LogP contribution is -2.24. The van der Waals surface area contributed by atoms with E-state index in [0.29, 0.717) is 5.75 Å². The molecule has 1 aromatic carbocycles. The van der Waals surface area contributed by atoms with Crippen molar-refractivity contribution in [2.45, 2.75) is 25.9 Å². The van der Waals surface area contributed by atoms with Crippen molar-refractivity contribution >= 4 is 5.97 Å². The van der Waals surface area contributed by atoms with Gasteiger partial charge in [-0.05, 0) is 24.1 Å². The monoisotopic (exact) mass is 264 g/mol. The summed E-state index contributed by atoms with van der Waals surface area (Å²) in [7, 11) is 0. The third-order valence-electron chi connectivity index (χ3n) is 2.49. The third kappa shape index (κ3) is 6.06. The van der Waals surface area contributed by atoms with Crippen molar-refractivity contribution in [1.29, 1.82) is 0 Å². The molecular formula is C15H20O4. The topological polar surface area (TPSA) is 55.8 Å². The predicted molar refractivity (Wildman–Crippen MR) is 73.1 cm³/mol. The highest BCUT2D eigenvalue weighted by molar-refractivity contribution is 5.81. The third-order valence-corrected chi connectivity index (χ3v) is 2.49. The first kappa shape index (κ1) is 15.2. The lowest BCUT2D eigenvalue weighted by Gasteiger charge is -2.12. The van der Waals surface area contributed by atoms with E-state index < -0.39 is 12.1 Å². The van der Waals surface area contributed by atoms with Crippen molar-refractivity contribution in [3.63, 3.8) is 0 Å². The Kier molecular flexibility index (Phi) is 6.68. The van der Waals surface area contributed by atoms with Gasteiger partial charge in [0.1, 0.15) is 25.1 Å². The molecule has 104 valence electrons. The van der Waals surface area contributed by atoms with E-state index in [1.54, 1.807) is 0 Å². The summed E-state index contributed by atoms with van der Waals surface area (Å²) in [5.41, 5.74) is 1.26. The maximum absolute atomic E-state index is 10.8. The zero-order chi connectivity index (χ0) is 14.1. The summed E-state index contributed by atoms with van der Waals surface area (Å²) in [5.74, 6) is 0.136. The Labute approximate surface area is 113 Å². The van der Waals surface area contributed by atoms with Gasteiger partial charge in [0.05, 0.1) is 0 Å². The Bertz CT molecular complexity index is 397. The fourth-order valence-electron chi connectivity index (χ4n) is 1.52. The molecule has 0 radical (unpaired) electrons. The number of hydrogen-bond donors (Lipinski definition) is 1. The first-order valence-corrected chi connectivity index (χ1v) is 6.34. The van der Waals surface area contributed by atoms with Crippen molar-refractivity contribution in [1.82, 2.24) is 0 Å². The summed E-state index contributed by atoms with van der Waals surface area (Å²) < 4.78 is 10.1. The van der Waals surface area contributed by atoms with E-state index in [1.807, 2.05) is 24.3 Å². The molecule has 0 aliphatic heterocycles. The number of esters is 1. The van der Waals surface area contributed by atoms with Crippen LogP contribution in [0, 0.1) is 0 Å². The van der Waals surface area contributed by atoms with Gasteiger partial charge >= 0.3 is 5.97 Å². The van der Waals surface area contributed by atoms with Crippen LogP contribution in [0.25, 0.3) is 0 Å². The van der Waals surface area contributed by atoms with Crippen LogP contribution in [0.2, 0.25) is 0 Å². The van der Waals surface area contributed by atoms with Gasteiger partial charge in [0.15, 0.2) is 0 Å². The van der Waals surface area contributed by atoms with Crippen molar-refractivity contribution in [3.05, 3.63) is 42.5 Å². The van der Waals surface area contributed by atoms with Crippen LogP contribution in [0.4, 0.5) is 0 Å². The second-order valence-electron chi connectivity index (χ2n) is 4.19. The van der Waals surface area contributed by atoms with Gasteiger partial charge in [-0.3, -0.25) is 0 Å². The maximum Gasteiger partial charge on any atom is 0.330 e. The molecule has 1 N–H and O–H groups in total. The number of carbonyl (C=O) groups excluding carboxylic acids is 1. The van der Waals surface area contributed by atoms with E-state index in [0.717, 1.165) is 18.9 Å². The molecule has 0 saturated carbocycles. The van der Waals surface area contributed by atoms with Crippen LogP contribution in [0.3, 0.4) is 0 Å². The zero-order valence-electron chi connectivity index (χ0n) is 11.2. The van der Waals surface area contributed by atoms with Crippen molar-refractivity contribution in [2.75, 3.05) is 13.2 Å². The minimum atomic E-state index is -0.848. The van der Waals surface area contributed by atoms with Gasteiger partial charge < -0.3 is 14.6 Å². The van der Waals surface area contributed by atoms with Gasteiger partial charge in [0.25, 0.3) is 0 Å². The number of rotatable bonds is 8. The Balaban J connectivity index is 2.31. The Morgan fingerprint density at radius 2 is 2.05 bits per heavy atom. The summed E-state index contributed by atoms with van der Waals surface area (Å²) in [6.07, 6.45) is 2.35. The Morgan fingerprint density at radius 1 is 1.37 bits per heavy atom. The van der Waals surface area contributed by atoms with Crippen LogP contribution in [-0.4, -0.2) is 30.4 Å². The fraction of sp³-hybridized carbons (Fsp3) is 0.400. The van der Waals surface area contributed by atoms with E-state index in [4.69, 9.17) is 9.47 Å². The average Bonchev–Trinajstić information content (AvgIpc) is 2.44. The molecule has 0 saturated heterocycles. The molecule has 4 heteroatoms. The number of aliphatic hydroxyl groups excluding tert-OH is 1. The number of benzene rings is 1. The quantitative estimate of drug-likeness (QED) is 0.577. The summed E-state index contributed by atoms with van der Waals surface area (Å²) in [5, 5.41) is 9.56. The molecule has 4 nitrogen and oxygen atoms in total. The summed E-state index contributed by atoms with van der Waals surface area (Å²) in [6.45, 7) is 5.38. The van der Waals surface area contributed by atoms with Crippen molar-refractivity contribution < 1.29 is 19.4 Å². The highest BCUT2D eigenvalue weighted by atomic mass is 16.5. The molecule has 1 aromatic rings.